The van der Waals surface area contributed by atoms with E-state index in [1.807, 2.05) is 0 Å². The molecule has 0 aliphatic rings. The van der Waals surface area contributed by atoms with E-state index in [0.717, 1.165) is 0 Å². The van der Waals surface area contributed by atoms with Crippen LogP contribution in [0.15, 0.2) is 0 Å². The molecule has 0 aromatic carbocycles. The van der Waals surface area contributed by atoms with Crippen LogP contribution in [0, 0.1) is 0 Å². The molecule has 0 atom stereocenters. The average molecular weight is 218 g/mol. The van der Waals surface area contributed by atoms with E-state index >= 15 is 0 Å². The molecule has 0 N–H and O–H groups in total. The summed E-state index contributed by atoms with van der Waals surface area (Å²) < 4.78 is 19.9. The molecule has 62 valence electrons. The minimum Gasteiger partial charge on any atom is -0.550 e. The SMILES string of the molecule is O=C([O-])CC(C(=O)[O-])=S(=O)=O.[Ca+2]. The van der Waals surface area contributed by atoms with Gasteiger partial charge in [-0.2, -0.15) is 8.42 Å². The molecule has 0 amide bonds. The summed E-state index contributed by atoms with van der Waals surface area (Å²) >= 11 is 0. The van der Waals surface area contributed by atoms with Crippen LogP contribution in [0.4, 0.5) is 0 Å². The zero-order valence-electron chi connectivity index (χ0n) is 5.77. The Bertz CT molecular complexity index is 306. The molecule has 0 fully saturated rings. The Morgan fingerprint density at radius 2 is 1.58 bits per heavy atom. The molecule has 0 saturated heterocycles. The van der Waals surface area contributed by atoms with Gasteiger partial charge in [-0.05, 0) is 0 Å². The Balaban J connectivity index is 0. The third kappa shape index (κ3) is 5.53. The summed E-state index contributed by atoms with van der Waals surface area (Å²) in [7, 11) is -3.07. The number of carbonyl (C=O) groups excluding carboxylic acids is 2. The van der Waals surface area contributed by atoms with Crippen LogP contribution in [-0.2, 0) is 19.9 Å². The number of carboxylic acid groups (broad SMARTS) is 2. The van der Waals surface area contributed by atoms with E-state index in [2.05, 4.69) is 0 Å². The second-order valence-corrected chi connectivity index (χ2v) is 2.46. The Hall–Kier alpha value is -0.110. The smallest absolute Gasteiger partial charge is 0.550 e. The maximum Gasteiger partial charge on any atom is 2.00 e. The van der Waals surface area contributed by atoms with Crippen molar-refractivity contribution in [3.8, 4) is 0 Å². The summed E-state index contributed by atoms with van der Waals surface area (Å²) in [6.45, 7) is 0. The molecule has 0 aliphatic carbocycles. The van der Waals surface area contributed by atoms with Crippen molar-refractivity contribution in [2.45, 2.75) is 6.42 Å². The molecule has 0 heterocycles. The molecule has 0 saturated carbocycles. The van der Waals surface area contributed by atoms with Gasteiger partial charge in [-0.1, -0.05) is 0 Å². The summed E-state index contributed by atoms with van der Waals surface area (Å²) in [6.07, 6.45) is -1.17. The number of carboxylic acids is 2. The largest absolute Gasteiger partial charge is 2.00 e. The van der Waals surface area contributed by atoms with E-state index in [9.17, 15) is 28.2 Å². The molecule has 0 aromatic rings. The molecule has 0 unspecified atom stereocenters. The van der Waals surface area contributed by atoms with Gasteiger partial charge in [0.25, 0.3) is 0 Å². The quantitative estimate of drug-likeness (QED) is 0.348. The van der Waals surface area contributed by atoms with Gasteiger partial charge in [0.05, 0.1) is 5.97 Å². The Morgan fingerprint density at radius 3 is 1.67 bits per heavy atom. The third-order valence-corrected chi connectivity index (χ3v) is 1.45. The molecule has 0 radical (unpaired) electrons. The van der Waals surface area contributed by atoms with Crippen LogP contribution in [0.1, 0.15) is 6.42 Å². The fourth-order valence-electron chi connectivity index (χ4n) is 0.330. The van der Waals surface area contributed by atoms with Crippen LogP contribution in [0.3, 0.4) is 0 Å². The summed E-state index contributed by atoms with van der Waals surface area (Å²) in [6, 6.07) is 0. The zero-order chi connectivity index (χ0) is 9.02. The van der Waals surface area contributed by atoms with Crippen molar-refractivity contribution in [1.82, 2.24) is 0 Å². The molecule has 8 heteroatoms. The van der Waals surface area contributed by atoms with Crippen molar-refractivity contribution in [2.24, 2.45) is 0 Å². The maximum atomic E-state index is 9.93. The number of rotatable bonds is 3. The molecular weight excluding hydrogens is 216 g/mol. The molecular formula is C4H2CaO6S. The predicted molar refractivity (Wildman–Crippen MR) is 34.3 cm³/mol. The van der Waals surface area contributed by atoms with Gasteiger partial charge in [-0.15, -0.1) is 0 Å². The first kappa shape index (κ1) is 14.4. The molecule has 12 heavy (non-hydrogen) atoms. The Labute approximate surface area is 98.7 Å². The molecule has 0 spiro atoms. The van der Waals surface area contributed by atoms with Gasteiger partial charge in [0.2, 0.25) is 10.3 Å². The number of aliphatic carboxylic acids is 2. The van der Waals surface area contributed by atoms with Gasteiger partial charge < -0.3 is 19.8 Å². The first-order valence-electron chi connectivity index (χ1n) is 2.31. The van der Waals surface area contributed by atoms with Crippen LogP contribution in [0.5, 0.6) is 0 Å². The van der Waals surface area contributed by atoms with Crippen molar-refractivity contribution >= 4 is 64.8 Å². The summed E-state index contributed by atoms with van der Waals surface area (Å²) in [5.74, 6) is -3.81. The van der Waals surface area contributed by atoms with Crippen LogP contribution in [0.2, 0.25) is 0 Å². The second-order valence-electron chi connectivity index (χ2n) is 1.49. The van der Waals surface area contributed by atoms with E-state index in [4.69, 9.17) is 0 Å². The number of carbonyl (C=O) groups is 2. The van der Waals surface area contributed by atoms with Gasteiger partial charge in [0, 0.05) is 12.4 Å². The predicted octanol–water partition coefficient (Wildman–Crippen LogP) is -4.45. The van der Waals surface area contributed by atoms with Crippen molar-refractivity contribution in [1.29, 1.82) is 0 Å². The van der Waals surface area contributed by atoms with E-state index in [0.29, 0.717) is 0 Å². The van der Waals surface area contributed by atoms with Crippen molar-refractivity contribution < 1.29 is 28.2 Å². The minimum atomic E-state index is -3.07. The molecule has 6 nitrogen and oxygen atoms in total. The zero-order valence-corrected chi connectivity index (χ0v) is 8.80. The third-order valence-electron chi connectivity index (χ3n) is 0.734. The van der Waals surface area contributed by atoms with Crippen LogP contribution < -0.4 is 10.2 Å². The van der Waals surface area contributed by atoms with Gasteiger partial charge in [0.1, 0.15) is 4.86 Å². The van der Waals surface area contributed by atoms with Crippen LogP contribution in [-0.4, -0.2) is 63.0 Å². The van der Waals surface area contributed by atoms with Gasteiger partial charge in [-0.25, -0.2) is 0 Å². The summed E-state index contributed by atoms with van der Waals surface area (Å²) in [5, 5.41) is 19.6. The molecule has 0 aromatic heterocycles. The summed E-state index contributed by atoms with van der Waals surface area (Å²) in [4.78, 5) is 18.3. The van der Waals surface area contributed by atoms with Gasteiger partial charge in [-0.3, -0.25) is 0 Å². The number of hydrogen-bond acceptors (Lipinski definition) is 6. The maximum absolute atomic E-state index is 9.93. The first-order valence-corrected chi connectivity index (χ1v) is 3.39. The Kier molecular flexibility index (Phi) is 7.70. The monoisotopic (exact) mass is 218 g/mol. The van der Waals surface area contributed by atoms with E-state index in [1.54, 1.807) is 0 Å². The van der Waals surface area contributed by atoms with Crippen molar-refractivity contribution in [2.75, 3.05) is 0 Å². The van der Waals surface area contributed by atoms with Crippen molar-refractivity contribution in [3.05, 3.63) is 0 Å². The molecule has 0 rings (SSSR count). The Morgan fingerprint density at radius 1 is 1.17 bits per heavy atom. The second kappa shape index (κ2) is 6.41. The van der Waals surface area contributed by atoms with Crippen LogP contribution >= 0.6 is 0 Å². The van der Waals surface area contributed by atoms with E-state index in [1.165, 1.54) is 0 Å². The fraction of sp³-hybridized carbons (Fsp3) is 0.250. The average Bonchev–Trinajstić information content (AvgIpc) is 1.81. The standard InChI is InChI=1S/C4H4O6S.Ca/c5-3(6)1-2(4(7)8)11(9)10;/h1H2,(H,5,6)(H,7,8);/q;+2/p-2. The summed E-state index contributed by atoms with van der Waals surface area (Å²) in [5.41, 5.74) is 0. The first-order chi connectivity index (χ1) is 4.95. The van der Waals surface area contributed by atoms with Crippen LogP contribution in [0.25, 0.3) is 0 Å². The topological polar surface area (TPSA) is 114 Å². The van der Waals surface area contributed by atoms with Crippen molar-refractivity contribution in [3.63, 3.8) is 0 Å². The normalized spacial score (nSPS) is 8.00. The minimum absolute atomic E-state index is 0. The van der Waals surface area contributed by atoms with E-state index in [-0.39, 0.29) is 37.7 Å². The molecule has 0 aliphatic heterocycles. The molecule has 0 bridgehead atoms. The van der Waals surface area contributed by atoms with E-state index < -0.39 is 33.5 Å². The number of hydrogen-bond donors (Lipinski definition) is 0. The van der Waals surface area contributed by atoms with Gasteiger partial charge >= 0.3 is 37.7 Å². The fourth-order valence-corrected chi connectivity index (χ4v) is 0.702. The van der Waals surface area contributed by atoms with Gasteiger partial charge in [0.15, 0.2) is 0 Å².